The molecule has 6 nitrogen and oxygen atoms in total. The Morgan fingerprint density at radius 3 is 2.72 bits per heavy atom. The van der Waals surface area contributed by atoms with Crippen LogP contribution in [-0.2, 0) is 4.79 Å². The molecule has 1 atom stereocenters. The van der Waals surface area contributed by atoms with Crippen molar-refractivity contribution in [1.29, 1.82) is 0 Å². The number of rotatable bonds is 3. The average molecular weight is 406 g/mol. The zero-order valence-electron chi connectivity index (χ0n) is 14.0. The van der Waals surface area contributed by atoms with Crippen LogP contribution in [0.15, 0.2) is 28.7 Å². The second-order valence-corrected chi connectivity index (χ2v) is 6.71. The lowest BCUT2D eigenvalue weighted by Crippen LogP contribution is -2.25. The molecule has 0 saturated heterocycles. The number of hydrogen-bond acceptors (Lipinski definition) is 5. The number of likely N-dealkylation sites (N-methyl/N-ethyl adjacent to an activating group) is 1. The molecule has 2 aliphatic rings. The zero-order chi connectivity index (χ0) is 17.7. The fraction of sp³-hybridized carbons (Fsp3) is 0.278. The Morgan fingerprint density at radius 2 is 2.00 bits per heavy atom. The number of nitrogens with zero attached hydrogens (tertiary/aromatic N) is 1. The van der Waals surface area contributed by atoms with Crippen LogP contribution in [0.5, 0.6) is 23.0 Å². The highest BCUT2D eigenvalue weighted by Gasteiger charge is 2.42. The van der Waals surface area contributed by atoms with Gasteiger partial charge in [-0.25, -0.2) is 0 Å². The Labute approximate surface area is 153 Å². The molecule has 7 heteroatoms. The van der Waals surface area contributed by atoms with Crippen LogP contribution >= 0.6 is 15.9 Å². The molecule has 1 amide bonds. The summed E-state index contributed by atoms with van der Waals surface area (Å²) in [6.45, 7) is 0.0980. The monoisotopic (exact) mass is 405 g/mol. The summed E-state index contributed by atoms with van der Waals surface area (Å²) in [5.41, 5.74) is 2.37. The van der Waals surface area contributed by atoms with Crippen molar-refractivity contribution in [3.63, 3.8) is 0 Å². The summed E-state index contributed by atoms with van der Waals surface area (Å²) in [6.07, 6.45) is 0. The number of halogens is 1. The SMILES string of the molecule is COc1cc2c(c([C@H]3C(=O)N(C)c4ccc(Br)cc43)c1OC)OCO2. The van der Waals surface area contributed by atoms with Gasteiger partial charge in [0.25, 0.3) is 0 Å². The number of ether oxygens (including phenoxy) is 4. The van der Waals surface area contributed by atoms with E-state index in [4.69, 9.17) is 18.9 Å². The fourth-order valence-corrected chi connectivity index (χ4v) is 3.82. The standard InChI is InChI=1S/C18H16BrNO5/c1-20-11-5-4-9(19)6-10(11)14(18(20)21)15-16(23-3)12(22-2)7-13-17(15)25-8-24-13/h4-7,14H,8H2,1-3H3/t14-/m0/s1. The molecule has 2 aliphatic heterocycles. The van der Waals surface area contributed by atoms with E-state index in [9.17, 15) is 4.79 Å². The first-order valence-electron chi connectivity index (χ1n) is 7.68. The van der Waals surface area contributed by atoms with Crippen LogP contribution in [0.1, 0.15) is 17.0 Å². The number of benzene rings is 2. The van der Waals surface area contributed by atoms with E-state index in [1.807, 2.05) is 18.2 Å². The Kier molecular flexibility index (Phi) is 3.76. The van der Waals surface area contributed by atoms with Gasteiger partial charge in [0.2, 0.25) is 12.7 Å². The molecular formula is C18H16BrNO5. The number of carbonyl (C=O) groups is 1. The summed E-state index contributed by atoms with van der Waals surface area (Å²) in [7, 11) is 4.87. The highest BCUT2D eigenvalue weighted by atomic mass is 79.9. The lowest BCUT2D eigenvalue weighted by molar-refractivity contribution is -0.118. The predicted molar refractivity (Wildman–Crippen MR) is 95.1 cm³/mol. The van der Waals surface area contributed by atoms with E-state index in [1.54, 1.807) is 32.2 Å². The van der Waals surface area contributed by atoms with Gasteiger partial charge in [0.1, 0.15) is 0 Å². The summed E-state index contributed by atoms with van der Waals surface area (Å²) in [5.74, 6) is 1.44. The summed E-state index contributed by atoms with van der Waals surface area (Å²) < 4.78 is 23.1. The van der Waals surface area contributed by atoms with Gasteiger partial charge in [0.05, 0.1) is 25.7 Å². The first-order valence-corrected chi connectivity index (χ1v) is 8.47. The van der Waals surface area contributed by atoms with Gasteiger partial charge in [0.15, 0.2) is 23.0 Å². The lowest BCUT2D eigenvalue weighted by atomic mass is 9.90. The molecule has 0 unspecified atom stereocenters. The van der Waals surface area contributed by atoms with Crippen LogP contribution in [0.3, 0.4) is 0 Å². The molecule has 4 rings (SSSR count). The van der Waals surface area contributed by atoms with Gasteiger partial charge in [-0.2, -0.15) is 0 Å². The van der Waals surface area contributed by atoms with Gasteiger partial charge in [-0.05, 0) is 23.8 Å². The van der Waals surface area contributed by atoms with Gasteiger partial charge in [-0.1, -0.05) is 15.9 Å². The van der Waals surface area contributed by atoms with E-state index in [1.165, 1.54) is 0 Å². The van der Waals surface area contributed by atoms with Crippen LogP contribution < -0.4 is 23.8 Å². The summed E-state index contributed by atoms with van der Waals surface area (Å²) >= 11 is 3.49. The Bertz CT molecular complexity index is 882. The molecule has 2 aromatic carbocycles. The van der Waals surface area contributed by atoms with E-state index >= 15 is 0 Å². The molecule has 0 aliphatic carbocycles. The lowest BCUT2D eigenvalue weighted by Gasteiger charge is -2.19. The van der Waals surface area contributed by atoms with Crippen molar-refractivity contribution >= 4 is 27.5 Å². The minimum absolute atomic E-state index is 0.0580. The molecule has 25 heavy (non-hydrogen) atoms. The number of fused-ring (bicyclic) bond motifs is 2. The van der Waals surface area contributed by atoms with Gasteiger partial charge in [0, 0.05) is 23.3 Å². The van der Waals surface area contributed by atoms with Crippen molar-refractivity contribution in [2.45, 2.75) is 5.92 Å². The first-order chi connectivity index (χ1) is 12.1. The largest absolute Gasteiger partial charge is 0.493 e. The molecule has 0 aromatic heterocycles. The summed E-state index contributed by atoms with van der Waals surface area (Å²) in [6, 6.07) is 7.50. The van der Waals surface area contributed by atoms with Crippen molar-refractivity contribution in [1.82, 2.24) is 0 Å². The number of methoxy groups -OCH3 is 2. The Morgan fingerprint density at radius 1 is 1.20 bits per heavy atom. The highest BCUT2D eigenvalue weighted by molar-refractivity contribution is 9.10. The molecule has 0 saturated carbocycles. The van der Waals surface area contributed by atoms with Crippen molar-refractivity contribution in [3.8, 4) is 23.0 Å². The van der Waals surface area contributed by atoms with Crippen molar-refractivity contribution in [2.75, 3.05) is 33.0 Å². The van der Waals surface area contributed by atoms with Crippen LogP contribution in [0.25, 0.3) is 0 Å². The maximum absolute atomic E-state index is 13.1. The minimum atomic E-state index is -0.557. The molecule has 0 radical (unpaired) electrons. The highest BCUT2D eigenvalue weighted by Crippen LogP contribution is 2.54. The number of anilines is 1. The fourth-order valence-electron chi connectivity index (χ4n) is 3.44. The molecule has 0 fully saturated rings. The summed E-state index contributed by atoms with van der Waals surface area (Å²) in [4.78, 5) is 14.7. The van der Waals surface area contributed by atoms with Gasteiger partial charge in [-0.15, -0.1) is 0 Å². The molecule has 0 spiro atoms. The molecule has 0 N–H and O–H groups in total. The van der Waals surface area contributed by atoms with E-state index in [-0.39, 0.29) is 12.7 Å². The van der Waals surface area contributed by atoms with E-state index < -0.39 is 5.92 Å². The number of carbonyl (C=O) groups excluding carboxylic acids is 1. The van der Waals surface area contributed by atoms with E-state index in [0.29, 0.717) is 28.6 Å². The molecular weight excluding hydrogens is 390 g/mol. The maximum atomic E-state index is 13.1. The van der Waals surface area contributed by atoms with Crippen LogP contribution in [-0.4, -0.2) is 34.0 Å². The molecule has 2 heterocycles. The Balaban J connectivity index is 2.01. The van der Waals surface area contributed by atoms with Crippen molar-refractivity contribution < 1.29 is 23.7 Å². The van der Waals surface area contributed by atoms with Crippen molar-refractivity contribution in [3.05, 3.63) is 39.9 Å². The quantitative estimate of drug-likeness (QED) is 0.783. The zero-order valence-corrected chi connectivity index (χ0v) is 15.5. The van der Waals surface area contributed by atoms with Crippen LogP contribution in [0, 0.1) is 0 Å². The van der Waals surface area contributed by atoms with Gasteiger partial charge >= 0.3 is 0 Å². The number of amides is 1. The van der Waals surface area contributed by atoms with E-state index in [0.717, 1.165) is 15.7 Å². The third-order valence-corrected chi connectivity index (χ3v) is 5.06. The third-order valence-electron chi connectivity index (χ3n) is 4.57. The number of hydrogen-bond donors (Lipinski definition) is 0. The topological polar surface area (TPSA) is 57.2 Å². The summed E-state index contributed by atoms with van der Waals surface area (Å²) in [5, 5.41) is 0. The normalized spacial score (nSPS) is 17.7. The minimum Gasteiger partial charge on any atom is -0.493 e. The second-order valence-electron chi connectivity index (χ2n) is 5.79. The predicted octanol–water partition coefficient (Wildman–Crippen LogP) is 3.30. The van der Waals surface area contributed by atoms with Gasteiger partial charge in [-0.3, -0.25) is 4.79 Å². The second kappa shape index (κ2) is 5.84. The van der Waals surface area contributed by atoms with E-state index in [2.05, 4.69) is 15.9 Å². The molecule has 0 bridgehead atoms. The molecule has 130 valence electrons. The smallest absolute Gasteiger partial charge is 0.239 e. The third kappa shape index (κ3) is 2.26. The van der Waals surface area contributed by atoms with Crippen LogP contribution in [0.2, 0.25) is 0 Å². The average Bonchev–Trinajstić information content (AvgIpc) is 3.17. The Hall–Kier alpha value is -2.41. The van der Waals surface area contributed by atoms with Crippen LogP contribution in [0.4, 0.5) is 5.69 Å². The van der Waals surface area contributed by atoms with Crippen molar-refractivity contribution in [2.24, 2.45) is 0 Å². The first kappa shape index (κ1) is 16.1. The molecule has 2 aromatic rings. The maximum Gasteiger partial charge on any atom is 0.239 e. The van der Waals surface area contributed by atoms with Gasteiger partial charge < -0.3 is 23.8 Å².